The minimum absolute atomic E-state index is 0.121. The normalized spacial score (nSPS) is 17.6. The summed E-state index contributed by atoms with van der Waals surface area (Å²) in [5.41, 5.74) is 6.13. The predicted molar refractivity (Wildman–Crippen MR) is 71.3 cm³/mol. The lowest BCUT2D eigenvalue weighted by atomic mass is 10.2. The number of hydrogen-bond acceptors (Lipinski definition) is 4. The van der Waals surface area contributed by atoms with Crippen molar-refractivity contribution in [2.24, 2.45) is 0 Å². The van der Waals surface area contributed by atoms with Crippen LogP contribution in [0.1, 0.15) is 30.1 Å². The molecule has 1 saturated heterocycles. The summed E-state index contributed by atoms with van der Waals surface area (Å²) in [5.74, 6) is 0.135. The molecule has 0 saturated carbocycles. The van der Waals surface area contributed by atoms with Crippen molar-refractivity contribution in [2.75, 3.05) is 25.4 Å². The van der Waals surface area contributed by atoms with E-state index in [2.05, 4.69) is 15.2 Å². The molecule has 2 rings (SSSR count). The molecule has 0 aliphatic carbocycles. The van der Waals surface area contributed by atoms with Crippen LogP contribution < -0.4 is 11.1 Å². The third-order valence-electron chi connectivity index (χ3n) is 3.19. The van der Waals surface area contributed by atoms with E-state index in [0.29, 0.717) is 5.56 Å². The first-order chi connectivity index (χ1) is 8.66. The first-order valence-electron chi connectivity index (χ1n) is 6.40. The van der Waals surface area contributed by atoms with Crippen molar-refractivity contribution < 1.29 is 4.79 Å². The highest BCUT2D eigenvalue weighted by molar-refractivity contribution is 5.98. The van der Waals surface area contributed by atoms with Crippen LogP contribution in [0, 0.1) is 0 Å². The van der Waals surface area contributed by atoms with E-state index < -0.39 is 0 Å². The molecule has 18 heavy (non-hydrogen) atoms. The van der Waals surface area contributed by atoms with Gasteiger partial charge in [-0.25, -0.2) is 4.98 Å². The fourth-order valence-electron chi connectivity index (χ4n) is 2.31. The fourth-order valence-corrected chi connectivity index (χ4v) is 2.31. The zero-order chi connectivity index (χ0) is 13.0. The number of nitrogens with two attached hydrogens (primary N) is 1. The van der Waals surface area contributed by atoms with Crippen LogP contribution in [0.5, 0.6) is 0 Å². The quantitative estimate of drug-likeness (QED) is 0.829. The van der Waals surface area contributed by atoms with Crippen LogP contribution in [-0.2, 0) is 0 Å². The number of pyridine rings is 1. The van der Waals surface area contributed by atoms with Gasteiger partial charge >= 0.3 is 0 Å². The molecule has 5 nitrogen and oxygen atoms in total. The van der Waals surface area contributed by atoms with Crippen LogP contribution in [0.25, 0.3) is 0 Å². The highest BCUT2D eigenvalue weighted by Gasteiger charge is 2.17. The lowest BCUT2D eigenvalue weighted by molar-refractivity contribution is 0.0932. The molecular formula is C13H20N4O. The molecule has 1 unspecified atom stereocenters. The number of aromatic nitrogens is 1. The maximum Gasteiger partial charge on any atom is 0.255 e. The molecule has 0 aromatic carbocycles. The molecular weight excluding hydrogens is 228 g/mol. The van der Waals surface area contributed by atoms with Crippen LogP contribution in [0.3, 0.4) is 0 Å². The number of rotatable bonds is 4. The van der Waals surface area contributed by atoms with E-state index in [0.717, 1.165) is 19.6 Å². The van der Waals surface area contributed by atoms with Gasteiger partial charge in [-0.2, -0.15) is 0 Å². The molecule has 1 aromatic heterocycles. The Morgan fingerprint density at radius 1 is 1.56 bits per heavy atom. The van der Waals surface area contributed by atoms with E-state index in [-0.39, 0.29) is 17.8 Å². The number of anilines is 1. The van der Waals surface area contributed by atoms with Crippen molar-refractivity contribution in [1.29, 1.82) is 0 Å². The highest BCUT2D eigenvalue weighted by atomic mass is 16.1. The van der Waals surface area contributed by atoms with Gasteiger partial charge in [0.25, 0.3) is 5.91 Å². The Hall–Kier alpha value is -1.62. The Bertz CT molecular complexity index is 415. The Morgan fingerprint density at radius 2 is 2.28 bits per heavy atom. The molecule has 2 heterocycles. The van der Waals surface area contributed by atoms with E-state index in [4.69, 9.17) is 5.73 Å². The van der Waals surface area contributed by atoms with Crippen molar-refractivity contribution >= 4 is 11.7 Å². The summed E-state index contributed by atoms with van der Waals surface area (Å²) in [5, 5.41) is 2.96. The standard InChI is InChI=1S/C13H20N4O/c1-10(9-17-7-2-3-8-17)16-13(18)11-5-4-6-15-12(11)14/h4-6,10H,2-3,7-9H2,1H3,(H2,14,15)(H,16,18). The molecule has 1 fully saturated rings. The maximum atomic E-state index is 12.0. The van der Waals surface area contributed by atoms with E-state index in [1.807, 2.05) is 6.92 Å². The van der Waals surface area contributed by atoms with Crippen LogP contribution >= 0.6 is 0 Å². The molecule has 1 atom stereocenters. The van der Waals surface area contributed by atoms with Crippen molar-refractivity contribution in [1.82, 2.24) is 15.2 Å². The smallest absolute Gasteiger partial charge is 0.255 e. The summed E-state index contributed by atoms with van der Waals surface area (Å²) in [6.07, 6.45) is 4.10. The molecule has 0 bridgehead atoms. The monoisotopic (exact) mass is 248 g/mol. The SMILES string of the molecule is CC(CN1CCCC1)NC(=O)c1cccnc1N. The topological polar surface area (TPSA) is 71.2 Å². The van der Waals surface area contributed by atoms with Crippen molar-refractivity contribution in [3.05, 3.63) is 23.9 Å². The van der Waals surface area contributed by atoms with Crippen molar-refractivity contribution in [3.8, 4) is 0 Å². The molecule has 0 spiro atoms. The summed E-state index contributed by atoms with van der Waals surface area (Å²) in [6.45, 7) is 5.18. The van der Waals surface area contributed by atoms with Gasteiger partial charge in [0.05, 0.1) is 5.56 Å². The van der Waals surface area contributed by atoms with Crippen LogP contribution in [0.2, 0.25) is 0 Å². The Balaban J connectivity index is 1.88. The zero-order valence-electron chi connectivity index (χ0n) is 10.7. The summed E-state index contributed by atoms with van der Waals surface area (Å²) in [4.78, 5) is 18.3. The molecule has 1 aliphatic heterocycles. The summed E-state index contributed by atoms with van der Waals surface area (Å²) in [7, 11) is 0. The van der Waals surface area contributed by atoms with E-state index in [9.17, 15) is 4.79 Å². The van der Waals surface area contributed by atoms with Gasteiger partial charge in [0.15, 0.2) is 0 Å². The third-order valence-corrected chi connectivity index (χ3v) is 3.19. The van der Waals surface area contributed by atoms with Gasteiger partial charge in [-0.05, 0) is 45.0 Å². The Labute approximate surface area is 107 Å². The number of hydrogen-bond donors (Lipinski definition) is 2. The average Bonchev–Trinajstić information content (AvgIpc) is 2.82. The molecule has 1 amide bonds. The number of carbonyl (C=O) groups is 1. The molecule has 3 N–H and O–H groups in total. The minimum Gasteiger partial charge on any atom is -0.383 e. The van der Waals surface area contributed by atoms with Gasteiger partial charge < -0.3 is 16.0 Å². The average molecular weight is 248 g/mol. The Morgan fingerprint density at radius 3 is 2.94 bits per heavy atom. The molecule has 0 radical (unpaired) electrons. The van der Waals surface area contributed by atoms with E-state index >= 15 is 0 Å². The molecule has 98 valence electrons. The zero-order valence-corrected chi connectivity index (χ0v) is 10.7. The number of nitrogens with zero attached hydrogens (tertiary/aromatic N) is 2. The van der Waals surface area contributed by atoms with Gasteiger partial charge in [0, 0.05) is 18.8 Å². The van der Waals surface area contributed by atoms with Crippen LogP contribution in [-0.4, -0.2) is 41.5 Å². The molecule has 1 aliphatic rings. The third kappa shape index (κ3) is 3.20. The second-order valence-corrected chi connectivity index (χ2v) is 4.82. The van der Waals surface area contributed by atoms with E-state index in [1.54, 1.807) is 18.3 Å². The number of amides is 1. The number of nitrogens with one attached hydrogen (secondary N) is 1. The van der Waals surface area contributed by atoms with Crippen LogP contribution in [0.15, 0.2) is 18.3 Å². The van der Waals surface area contributed by atoms with E-state index in [1.165, 1.54) is 12.8 Å². The highest BCUT2D eigenvalue weighted by Crippen LogP contribution is 2.09. The second-order valence-electron chi connectivity index (χ2n) is 4.82. The van der Waals surface area contributed by atoms with Gasteiger partial charge in [-0.1, -0.05) is 0 Å². The van der Waals surface area contributed by atoms with Crippen molar-refractivity contribution in [3.63, 3.8) is 0 Å². The number of carbonyl (C=O) groups excluding carboxylic acids is 1. The number of likely N-dealkylation sites (tertiary alicyclic amines) is 1. The van der Waals surface area contributed by atoms with Gasteiger partial charge in [0.1, 0.15) is 5.82 Å². The van der Waals surface area contributed by atoms with Gasteiger partial charge in [-0.15, -0.1) is 0 Å². The fraction of sp³-hybridized carbons (Fsp3) is 0.538. The lowest BCUT2D eigenvalue weighted by Gasteiger charge is -2.21. The largest absolute Gasteiger partial charge is 0.383 e. The second kappa shape index (κ2) is 5.82. The van der Waals surface area contributed by atoms with Gasteiger partial charge in [0.2, 0.25) is 0 Å². The summed E-state index contributed by atoms with van der Waals surface area (Å²) < 4.78 is 0. The molecule has 5 heteroatoms. The maximum absolute atomic E-state index is 12.0. The molecule has 1 aromatic rings. The Kier molecular flexibility index (Phi) is 4.15. The summed E-state index contributed by atoms with van der Waals surface area (Å²) in [6, 6.07) is 3.53. The minimum atomic E-state index is -0.146. The first kappa shape index (κ1) is 12.8. The summed E-state index contributed by atoms with van der Waals surface area (Å²) >= 11 is 0. The lowest BCUT2D eigenvalue weighted by Crippen LogP contribution is -2.41. The van der Waals surface area contributed by atoms with Crippen molar-refractivity contribution in [2.45, 2.75) is 25.8 Å². The van der Waals surface area contributed by atoms with Crippen LogP contribution in [0.4, 0.5) is 5.82 Å². The predicted octanol–water partition coefficient (Wildman–Crippen LogP) is 0.878. The number of nitrogen functional groups attached to an aromatic ring is 1. The first-order valence-corrected chi connectivity index (χ1v) is 6.40. The van der Waals surface area contributed by atoms with Gasteiger partial charge in [-0.3, -0.25) is 4.79 Å².